The molecule has 124 valence electrons. The van der Waals surface area contributed by atoms with Gasteiger partial charge in [0.25, 0.3) is 5.56 Å². The van der Waals surface area contributed by atoms with E-state index in [-0.39, 0.29) is 11.6 Å². The summed E-state index contributed by atoms with van der Waals surface area (Å²) in [6, 6.07) is 9.83. The topological polar surface area (TPSA) is 55.1 Å². The molecule has 2 aromatic carbocycles. The quantitative estimate of drug-likeness (QED) is 0.549. The first-order valence-corrected chi connectivity index (χ1v) is 8.74. The number of aliphatic hydroxyl groups excluding tert-OH is 1. The van der Waals surface area contributed by atoms with Gasteiger partial charge in [0.15, 0.2) is 0 Å². The smallest absolute Gasteiger partial charge is 0.261 e. The van der Waals surface area contributed by atoms with Crippen molar-refractivity contribution in [3.63, 3.8) is 0 Å². The summed E-state index contributed by atoms with van der Waals surface area (Å²) < 4.78 is 1.66. The molecule has 1 heterocycles. The van der Waals surface area contributed by atoms with Crippen LogP contribution in [0.2, 0.25) is 0 Å². The summed E-state index contributed by atoms with van der Waals surface area (Å²) in [6.45, 7) is 2.03. The van der Waals surface area contributed by atoms with Gasteiger partial charge >= 0.3 is 0 Å². The van der Waals surface area contributed by atoms with Crippen molar-refractivity contribution in [3.8, 4) is 0 Å². The van der Waals surface area contributed by atoms with Crippen molar-refractivity contribution in [1.82, 2.24) is 9.55 Å². The highest BCUT2D eigenvalue weighted by atomic mass is 16.3. The molecule has 2 unspecified atom stereocenters. The maximum Gasteiger partial charge on any atom is 0.261 e. The summed E-state index contributed by atoms with van der Waals surface area (Å²) >= 11 is 0. The van der Waals surface area contributed by atoms with Gasteiger partial charge in [0.1, 0.15) is 0 Å². The van der Waals surface area contributed by atoms with E-state index >= 15 is 0 Å². The van der Waals surface area contributed by atoms with Gasteiger partial charge in [-0.2, -0.15) is 0 Å². The van der Waals surface area contributed by atoms with Gasteiger partial charge in [0, 0.05) is 5.39 Å². The van der Waals surface area contributed by atoms with Gasteiger partial charge in [-0.05, 0) is 36.8 Å². The molecule has 24 heavy (non-hydrogen) atoms. The minimum Gasteiger partial charge on any atom is -0.391 e. The second-order valence-corrected chi connectivity index (χ2v) is 6.86. The average molecular weight is 322 g/mol. The summed E-state index contributed by atoms with van der Waals surface area (Å²) in [7, 11) is 0. The lowest BCUT2D eigenvalue weighted by molar-refractivity contribution is 0.103. The predicted octanol–water partition coefficient (Wildman–Crippen LogP) is 3.72. The van der Waals surface area contributed by atoms with Crippen LogP contribution >= 0.6 is 0 Å². The zero-order valence-electron chi connectivity index (χ0n) is 13.9. The number of benzene rings is 2. The Labute approximate surface area is 140 Å². The number of hydrogen-bond donors (Lipinski definition) is 1. The molecule has 1 saturated carbocycles. The van der Waals surface area contributed by atoms with E-state index in [4.69, 9.17) is 0 Å². The fourth-order valence-corrected chi connectivity index (χ4v) is 3.98. The van der Waals surface area contributed by atoms with Gasteiger partial charge in [-0.1, -0.05) is 43.5 Å². The third-order valence-electron chi connectivity index (χ3n) is 5.30. The number of aromatic nitrogens is 2. The van der Waals surface area contributed by atoms with E-state index in [1.54, 1.807) is 10.9 Å². The number of aliphatic hydroxyl groups is 1. The molecule has 0 bridgehead atoms. The highest BCUT2D eigenvalue weighted by molar-refractivity contribution is 6.06. The van der Waals surface area contributed by atoms with Gasteiger partial charge in [-0.15, -0.1) is 0 Å². The number of hydrogen-bond acceptors (Lipinski definition) is 3. The van der Waals surface area contributed by atoms with Gasteiger partial charge in [-0.25, -0.2) is 4.98 Å². The van der Waals surface area contributed by atoms with Crippen LogP contribution in [0.1, 0.15) is 43.7 Å². The summed E-state index contributed by atoms with van der Waals surface area (Å²) in [5.41, 5.74) is 1.79. The lowest BCUT2D eigenvalue weighted by Gasteiger charge is -2.23. The number of rotatable bonds is 1. The van der Waals surface area contributed by atoms with Crippen LogP contribution in [0.15, 0.2) is 41.5 Å². The van der Waals surface area contributed by atoms with Crippen LogP contribution in [0.3, 0.4) is 0 Å². The van der Waals surface area contributed by atoms with Crippen LogP contribution in [-0.4, -0.2) is 20.8 Å². The van der Waals surface area contributed by atoms with E-state index in [1.165, 1.54) is 0 Å². The average Bonchev–Trinajstić information content (AvgIpc) is 2.81. The Balaban J connectivity index is 1.95. The Bertz CT molecular complexity index is 961. The summed E-state index contributed by atoms with van der Waals surface area (Å²) in [5.74, 6) is 0. The minimum absolute atomic E-state index is 0.0418. The molecule has 0 spiro atoms. The van der Waals surface area contributed by atoms with E-state index < -0.39 is 6.10 Å². The fraction of sp³-hybridized carbons (Fsp3) is 0.400. The van der Waals surface area contributed by atoms with Gasteiger partial charge < -0.3 is 5.11 Å². The maximum atomic E-state index is 13.1. The van der Waals surface area contributed by atoms with Crippen LogP contribution < -0.4 is 5.56 Å². The summed E-state index contributed by atoms with van der Waals surface area (Å²) in [6.07, 6.45) is 5.94. The SMILES string of the molecule is Cc1cc2c(=O)n(C3CCCCCC3O)cnc2c2ccccc12. The Morgan fingerprint density at radius 2 is 1.83 bits per heavy atom. The van der Waals surface area contributed by atoms with Crippen molar-refractivity contribution in [2.75, 3.05) is 0 Å². The molecule has 0 amide bonds. The monoisotopic (exact) mass is 322 g/mol. The molecule has 1 aliphatic carbocycles. The molecule has 1 aromatic heterocycles. The van der Waals surface area contributed by atoms with Crippen LogP contribution in [0.4, 0.5) is 0 Å². The molecule has 0 radical (unpaired) electrons. The zero-order valence-corrected chi connectivity index (χ0v) is 13.9. The van der Waals surface area contributed by atoms with E-state index in [9.17, 15) is 9.90 Å². The van der Waals surface area contributed by atoms with Crippen LogP contribution in [-0.2, 0) is 0 Å². The van der Waals surface area contributed by atoms with Crippen molar-refractivity contribution in [2.45, 2.75) is 51.2 Å². The second-order valence-electron chi connectivity index (χ2n) is 6.86. The molecule has 4 nitrogen and oxygen atoms in total. The van der Waals surface area contributed by atoms with E-state index in [0.717, 1.165) is 54.0 Å². The van der Waals surface area contributed by atoms with Gasteiger partial charge in [-0.3, -0.25) is 9.36 Å². The number of aryl methyl sites for hydroxylation is 1. The maximum absolute atomic E-state index is 13.1. The minimum atomic E-state index is -0.467. The van der Waals surface area contributed by atoms with Crippen LogP contribution in [0.5, 0.6) is 0 Å². The molecule has 3 aromatic rings. The van der Waals surface area contributed by atoms with E-state index in [1.807, 2.05) is 31.2 Å². The van der Waals surface area contributed by atoms with Crippen molar-refractivity contribution in [1.29, 1.82) is 0 Å². The molecule has 1 aliphatic rings. The Morgan fingerprint density at radius 1 is 1.08 bits per heavy atom. The predicted molar refractivity (Wildman–Crippen MR) is 96.4 cm³/mol. The zero-order chi connectivity index (χ0) is 16.7. The van der Waals surface area contributed by atoms with E-state index in [0.29, 0.717) is 5.39 Å². The molecular weight excluding hydrogens is 300 g/mol. The highest BCUT2D eigenvalue weighted by Gasteiger charge is 2.25. The molecule has 1 N–H and O–H groups in total. The van der Waals surface area contributed by atoms with E-state index in [2.05, 4.69) is 11.1 Å². The fourth-order valence-electron chi connectivity index (χ4n) is 3.98. The lowest BCUT2D eigenvalue weighted by Crippen LogP contribution is -2.32. The van der Waals surface area contributed by atoms with Crippen LogP contribution in [0, 0.1) is 6.92 Å². The van der Waals surface area contributed by atoms with Crippen molar-refractivity contribution in [2.24, 2.45) is 0 Å². The molecule has 4 heteroatoms. The second kappa shape index (κ2) is 6.02. The Morgan fingerprint density at radius 3 is 2.67 bits per heavy atom. The Kier molecular flexibility index (Phi) is 3.85. The summed E-state index contributed by atoms with van der Waals surface area (Å²) in [4.78, 5) is 17.7. The molecule has 1 fully saturated rings. The summed E-state index contributed by atoms with van der Waals surface area (Å²) in [5, 5.41) is 13.2. The normalized spacial score (nSPS) is 21.9. The van der Waals surface area contributed by atoms with Crippen molar-refractivity contribution in [3.05, 3.63) is 52.6 Å². The first-order valence-electron chi connectivity index (χ1n) is 8.74. The third-order valence-corrected chi connectivity index (χ3v) is 5.30. The van der Waals surface area contributed by atoms with Crippen molar-refractivity contribution < 1.29 is 5.11 Å². The largest absolute Gasteiger partial charge is 0.391 e. The standard InChI is InChI=1S/C20H22N2O2/c1-13-11-16-19(15-8-6-5-7-14(13)15)21-12-22(20(16)24)17-9-3-2-4-10-18(17)23/h5-8,11-12,17-18,23H,2-4,9-10H2,1H3. The first kappa shape index (κ1) is 15.3. The molecule has 2 atom stereocenters. The van der Waals surface area contributed by atoms with Gasteiger partial charge in [0.2, 0.25) is 0 Å². The van der Waals surface area contributed by atoms with Crippen LogP contribution in [0.25, 0.3) is 21.7 Å². The number of nitrogens with zero attached hydrogens (tertiary/aromatic N) is 2. The van der Waals surface area contributed by atoms with Crippen molar-refractivity contribution >= 4 is 21.7 Å². The van der Waals surface area contributed by atoms with Gasteiger partial charge in [0.05, 0.1) is 29.4 Å². The Hall–Kier alpha value is -2.20. The molecule has 0 saturated heterocycles. The molecule has 4 rings (SSSR count). The highest BCUT2D eigenvalue weighted by Crippen LogP contribution is 2.29. The third kappa shape index (κ3) is 2.42. The lowest BCUT2D eigenvalue weighted by atomic mass is 10.0. The number of fused-ring (bicyclic) bond motifs is 3. The first-order chi connectivity index (χ1) is 11.7. The molecule has 0 aliphatic heterocycles. The molecular formula is C20H22N2O2.